The standard InChI is InChI=1S/C27H25ClF3N3O5/c28-25-24(34-27(39-25)18-12-20(30)21(31)13-19(18)29)26(38)32-10-9-22(35)33-17-7-5-16(6-8-17)15-3-1-14(2-4-15)11-23(36)37/h5-8,12-15H,1-4,9-11H2,(H,32,38)(H,33,35)(H,36,37)/t14-,15-. The number of halogens is 4. The molecule has 0 aliphatic heterocycles. The number of nitrogens with one attached hydrogen (secondary N) is 2. The predicted octanol–water partition coefficient (Wildman–Crippen LogP) is 5.92. The van der Waals surface area contributed by atoms with E-state index in [4.69, 9.17) is 21.1 Å². The van der Waals surface area contributed by atoms with E-state index in [1.54, 1.807) is 12.1 Å². The van der Waals surface area contributed by atoms with Gasteiger partial charge in [-0.15, -0.1) is 0 Å². The minimum Gasteiger partial charge on any atom is -0.481 e. The van der Waals surface area contributed by atoms with Crippen molar-refractivity contribution in [1.82, 2.24) is 10.3 Å². The van der Waals surface area contributed by atoms with Crippen molar-refractivity contribution in [2.24, 2.45) is 5.92 Å². The molecule has 206 valence electrons. The van der Waals surface area contributed by atoms with Crippen LogP contribution in [0.25, 0.3) is 11.5 Å². The Balaban J connectivity index is 1.25. The lowest BCUT2D eigenvalue weighted by atomic mass is 9.77. The van der Waals surface area contributed by atoms with Gasteiger partial charge in [-0.2, -0.15) is 0 Å². The van der Waals surface area contributed by atoms with Crippen molar-refractivity contribution in [2.45, 2.75) is 44.4 Å². The number of benzene rings is 2. The summed E-state index contributed by atoms with van der Waals surface area (Å²) in [6.07, 6.45) is 3.75. The number of anilines is 1. The number of carboxylic acids is 1. The monoisotopic (exact) mass is 563 g/mol. The van der Waals surface area contributed by atoms with Crippen LogP contribution in [0.3, 0.4) is 0 Å². The number of carbonyl (C=O) groups is 3. The van der Waals surface area contributed by atoms with E-state index in [2.05, 4.69) is 15.6 Å². The van der Waals surface area contributed by atoms with Crippen LogP contribution in [-0.4, -0.2) is 34.4 Å². The minimum atomic E-state index is -1.39. The van der Waals surface area contributed by atoms with E-state index in [1.165, 1.54) is 0 Å². The zero-order chi connectivity index (χ0) is 28.1. The molecule has 12 heteroatoms. The highest BCUT2D eigenvalue weighted by Gasteiger charge is 2.25. The van der Waals surface area contributed by atoms with E-state index in [0.717, 1.165) is 31.2 Å². The van der Waals surface area contributed by atoms with Crippen LogP contribution in [0.4, 0.5) is 18.9 Å². The summed E-state index contributed by atoms with van der Waals surface area (Å²) in [5.41, 5.74) is 0.823. The van der Waals surface area contributed by atoms with Gasteiger partial charge in [-0.3, -0.25) is 14.4 Å². The lowest BCUT2D eigenvalue weighted by molar-refractivity contribution is -0.138. The highest BCUT2D eigenvalue weighted by Crippen LogP contribution is 2.37. The molecular weight excluding hydrogens is 539 g/mol. The Labute approximate surface area is 226 Å². The second kappa shape index (κ2) is 12.3. The normalized spacial score (nSPS) is 17.0. The Hall–Kier alpha value is -3.86. The maximum Gasteiger partial charge on any atom is 0.303 e. The average molecular weight is 564 g/mol. The van der Waals surface area contributed by atoms with Gasteiger partial charge in [-0.1, -0.05) is 12.1 Å². The summed E-state index contributed by atoms with van der Waals surface area (Å²) in [5.74, 6) is -5.69. The summed E-state index contributed by atoms with van der Waals surface area (Å²) >= 11 is 5.87. The number of carboxylic acid groups (broad SMARTS) is 1. The number of nitrogens with zero attached hydrogens (tertiary/aromatic N) is 1. The smallest absolute Gasteiger partial charge is 0.303 e. The highest BCUT2D eigenvalue weighted by atomic mass is 35.5. The molecule has 3 N–H and O–H groups in total. The quantitative estimate of drug-likeness (QED) is 0.278. The van der Waals surface area contributed by atoms with Gasteiger partial charge < -0.3 is 20.2 Å². The molecule has 0 atom stereocenters. The Morgan fingerprint density at radius 3 is 2.33 bits per heavy atom. The van der Waals surface area contributed by atoms with Crippen LogP contribution in [0.2, 0.25) is 5.22 Å². The first-order chi connectivity index (χ1) is 18.6. The third-order valence-corrected chi connectivity index (χ3v) is 6.91. The average Bonchev–Trinajstić information content (AvgIpc) is 3.28. The van der Waals surface area contributed by atoms with Crippen LogP contribution < -0.4 is 10.6 Å². The van der Waals surface area contributed by atoms with Crippen LogP contribution in [0, 0.1) is 23.4 Å². The Morgan fingerprint density at radius 1 is 1.00 bits per heavy atom. The molecule has 1 saturated carbocycles. The van der Waals surface area contributed by atoms with Crippen LogP contribution in [0.1, 0.15) is 60.5 Å². The molecule has 0 unspecified atom stereocenters. The fourth-order valence-electron chi connectivity index (χ4n) is 4.63. The molecule has 2 amide bonds. The summed E-state index contributed by atoms with van der Waals surface area (Å²) in [5, 5.41) is 13.7. The van der Waals surface area contributed by atoms with Gasteiger partial charge in [0.1, 0.15) is 5.82 Å². The first-order valence-corrected chi connectivity index (χ1v) is 12.7. The van der Waals surface area contributed by atoms with Gasteiger partial charge in [0, 0.05) is 31.1 Å². The van der Waals surface area contributed by atoms with Gasteiger partial charge in [0.25, 0.3) is 5.91 Å². The van der Waals surface area contributed by atoms with Crippen LogP contribution >= 0.6 is 11.6 Å². The number of hydrogen-bond acceptors (Lipinski definition) is 5. The van der Waals surface area contributed by atoms with Gasteiger partial charge in [0.05, 0.1) is 5.56 Å². The maximum absolute atomic E-state index is 14.0. The van der Waals surface area contributed by atoms with Crippen molar-refractivity contribution in [3.63, 3.8) is 0 Å². The van der Waals surface area contributed by atoms with Crippen molar-refractivity contribution in [3.8, 4) is 11.5 Å². The topological polar surface area (TPSA) is 122 Å². The summed E-state index contributed by atoms with van der Waals surface area (Å²) in [7, 11) is 0. The van der Waals surface area contributed by atoms with Gasteiger partial charge in [-0.05, 0) is 72.9 Å². The van der Waals surface area contributed by atoms with E-state index in [9.17, 15) is 27.6 Å². The molecular formula is C27H25ClF3N3O5. The fourth-order valence-corrected chi connectivity index (χ4v) is 4.83. The molecule has 3 aromatic rings. The van der Waals surface area contributed by atoms with Crippen molar-refractivity contribution in [1.29, 1.82) is 0 Å². The number of amides is 2. The fraction of sp³-hybridized carbons (Fsp3) is 0.333. The molecule has 1 aliphatic carbocycles. The number of aliphatic carboxylic acids is 1. The van der Waals surface area contributed by atoms with E-state index in [-0.39, 0.29) is 31.2 Å². The van der Waals surface area contributed by atoms with Gasteiger partial charge in [-0.25, -0.2) is 18.2 Å². The number of hydrogen-bond donors (Lipinski definition) is 3. The van der Waals surface area contributed by atoms with Crippen molar-refractivity contribution < 1.29 is 37.1 Å². The first kappa shape index (κ1) is 28.2. The molecule has 39 heavy (non-hydrogen) atoms. The maximum atomic E-state index is 14.0. The van der Waals surface area contributed by atoms with Gasteiger partial charge >= 0.3 is 5.97 Å². The number of rotatable bonds is 9. The summed E-state index contributed by atoms with van der Waals surface area (Å²) in [6, 6.07) is 8.34. The van der Waals surface area contributed by atoms with E-state index in [1.807, 2.05) is 12.1 Å². The van der Waals surface area contributed by atoms with E-state index >= 15 is 0 Å². The van der Waals surface area contributed by atoms with Crippen LogP contribution in [-0.2, 0) is 9.59 Å². The molecule has 0 bridgehead atoms. The zero-order valence-electron chi connectivity index (χ0n) is 20.6. The SMILES string of the molecule is O=C(O)C[C@H]1CC[C@H](c2ccc(NC(=O)CCNC(=O)c3nc(-c4cc(F)c(F)cc4F)oc3Cl)cc2)CC1. The molecule has 1 aliphatic rings. The lowest BCUT2D eigenvalue weighted by Gasteiger charge is -2.28. The molecule has 0 spiro atoms. The summed E-state index contributed by atoms with van der Waals surface area (Å²) in [6.45, 7) is -0.0691. The largest absolute Gasteiger partial charge is 0.481 e. The van der Waals surface area contributed by atoms with Crippen LogP contribution in [0.5, 0.6) is 0 Å². The number of oxazole rings is 1. The molecule has 1 aromatic heterocycles. The molecule has 0 radical (unpaired) electrons. The molecule has 0 saturated heterocycles. The predicted molar refractivity (Wildman–Crippen MR) is 136 cm³/mol. The molecule has 1 heterocycles. The minimum absolute atomic E-state index is 0.0682. The van der Waals surface area contributed by atoms with Crippen LogP contribution in [0.15, 0.2) is 40.8 Å². The molecule has 1 fully saturated rings. The Kier molecular flexibility index (Phi) is 8.90. The second-order valence-corrected chi connectivity index (χ2v) is 9.72. The third-order valence-electron chi connectivity index (χ3n) is 6.65. The Morgan fingerprint density at radius 2 is 1.67 bits per heavy atom. The third kappa shape index (κ3) is 7.17. The second-order valence-electron chi connectivity index (χ2n) is 9.38. The number of aromatic nitrogens is 1. The van der Waals surface area contributed by atoms with Crippen molar-refractivity contribution >= 4 is 35.1 Å². The van der Waals surface area contributed by atoms with Gasteiger partial charge in [0.15, 0.2) is 17.3 Å². The number of carbonyl (C=O) groups excluding carboxylic acids is 2. The zero-order valence-corrected chi connectivity index (χ0v) is 21.4. The van der Waals surface area contributed by atoms with E-state index in [0.29, 0.717) is 23.7 Å². The van der Waals surface area contributed by atoms with Crippen molar-refractivity contribution in [2.75, 3.05) is 11.9 Å². The summed E-state index contributed by atoms with van der Waals surface area (Å²) < 4.78 is 45.7. The molecule has 4 rings (SSSR count). The highest BCUT2D eigenvalue weighted by molar-refractivity contribution is 6.31. The molecule has 2 aromatic carbocycles. The van der Waals surface area contributed by atoms with Crippen molar-refractivity contribution in [3.05, 3.63) is 70.3 Å². The molecule has 8 nitrogen and oxygen atoms in total. The Bertz CT molecular complexity index is 1370. The van der Waals surface area contributed by atoms with E-state index < -0.39 is 51.7 Å². The first-order valence-electron chi connectivity index (χ1n) is 12.3. The van der Waals surface area contributed by atoms with Gasteiger partial charge in [0.2, 0.25) is 17.0 Å². The lowest BCUT2D eigenvalue weighted by Crippen LogP contribution is -2.28. The summed E-state index contributed by atoms with van der Waals surface area (Å²) in [4.78, 5) is 39.4.